The Morgan fingerprint density at radius 3 is 1.36 bits per heavy atom. The SMILES string of the molecule is CC(C)(C)c1ccc2c(c1)[CH]([Hf])c1cc(C(C)(C)C)ccc1-2. The van der Waals surface area contributed by atoms with E-state index in [2.05, 4.69) is 77.9 Å². The van der Waals surface area contributed by atoms with Crippen LogP contribution in [0.2, 0.25) is 0 Å². The summed E-state index contributed by atoms with van der Waals surface area (Å²) >= 11 is 1.18. The summed E-state index contributed by atoms with van der Waals surface area (Å²) in [5.74, 6) is 0. The number of rotatable bonds is 0. The fourth-order valence-corrected chi connectivity index (χ4v) is 4.91. The summed E-state index contributed by atoms with van der Waals surface area (Å²) in [4.78, 5) is 0. The Labute approximate surface area is 149 Å². The van der Waals surface area contributed by atoms with Gasteiger partial charge in [0, 0.05) is 0 Å². The monoisotopic (exact) mass is 457 g/mol. The number of hydrogen-bond donors (Lipinski definition) is 0. The van der Waals surface area contributed by atoms with E-state index in [4.69, 9.17) is 0 Å². The van der Waals surface area contributed by atoms with Gasteiger partial charge in [-0.2, -0.15) is 0 Å². The Kier molecular flexibility index (Phi) is 3.79. The number of fused-ring (bicyclic) bond motifs is 3. The van der Waals surface area contributed by atoms with Crippen LogP contribution < -0.4 is 0 Å². The van der Waals surface area contributed by atoms with Crippen molar-refractivity contribution in [3.63, 3.8) is 0 Å². The Morgan fingerprint density at radius 1 is 0.682 bits per heavy atom. The van der Waals surface area contributed by atoms with Crippen molar-refractivity contribution in [3.8, 4) is 11.1 Å². The minimum atomic E-state index is 0.224. The van der Waals surface area contributed by atoms with Crippen molar-refractivity contribution < 1.29 is 24.4 Å². The first-order valence-corrected chi connectivity index (χ1v) is 10.2. The molecule has 22 heavy (non-hydrogen) atoms. The summed E-state index contributed by atoms with van der Waals surface area (Å²) < 4.78 is 0.634. The number of hydrogen-bond acceptors (Lipinski definition) is 0. The quantitative estimate of drug-likeness (QED) is 0.434. The van der Waals surface area contributed by atoms with E-state index in [9.17, 15) is 0 Å². The fraction of sp³-hybridized carbons (Fsp3) is 0.429. The van der Waals surface area contributed by atoms with Gasteiger partial charge < -0.3 is 0 Å². The van der Waals surface area contributed by atoms with E-state index in [0.29, 0.717) is 3.67 Å². The van der Waals surface area contributed by atoms with Gasteiger partial charge in [0.2, 0.25) is 0 Å². The van der Waals surface area contributed by atoms with E-state index in [-0.39, 0.29) is 10.8 Å². The van der Waals surface area contributed by atoms with E-state index in [1.54, 1.807) is 11.1 Å². The maximum atomic E-state index is 2.46. The third kappa shape index (κ3) is 2.66. The molecule has 1 aliphatic carbocycles. The molecule has 0 bridgehead atoms. The van der Waals surface area contributed by atoms with Crippen LogP contribution in [0.1, 0.15) is 67.5 Å². The third-order valence-corrected chi connectivity index (χ3v) is 6.98. The molecule has 0 saturated carbocycles. The summed E-state index contributed by atoms with van der Waals surface area (Å²) in [6.45, 7) is 13.8. The molecule has 1 aliphatic rings. The standard InChI is InChI=1S/C21H25.Hf/c1-20(2,3)16-7-9-18-14(12-16)11-15-13-17(21(4,5)6)8-10-19(15)18;/h7-13H,1-6H3;. The fourth-order valence-electron chi connectivity index (χ4n) is 3.19. The van der Waals surface area contributed by atoms with Crippen LogP contribution in [0.5, 0.6) is 0 Å². The van der Waals surface area contributed by atoms with Gasteiger partial charge in [-0.25, -0.2) is 0 Å². The summed E-state index contributed by atoms with van der Waals surface area (Å²) in [5, 5.41) is 0. The van der Waals surface area contributed by atoms with Crippen molar-refractivity contribution in [2.24, 2.45) is 0 Å². The molecular formula is C21H25Hf. The van der Waals surface area contributed by atoms with Crippen molar-refractivity contribution >= 4 is 0 Å². The van der Waals surface area contributed by atoms with Crippen LogP contribution in [0.25, 0.3) is 11.1 Å². The predicted octanol–water partition coefficient (Wildman–Crippen LogP) is 5.90. The predicted molar refractivity (Wildman–Crippen MR) is 91.1 cm³/mol. The second kappa shape index (κ2) is 5.16. The Morgan fingerprint density at radius 2 is 1.05 bits per heavy atom. The van der Waals surface area contributed by atoms with Gasteiger partial charge in [-0.15, -0.1) is 0 Å². The van der Waals surface area contributed by atoms with E-state index in [1.165, 1.54) is 46.6 Å². The maximum absolute atomic E-state index is 2.46. The van der Waals surface area contributed by atoms with Gasteiger partial charge >= 0.3 is 150 Å². The second-order valence-corrected chi connectivity index (χ2v) is 10.6. The van der Waals surface area contributed by atoms with Crippen LogP contribution in [-0.2, 0) is 35.2 Å². The van der Waals surface area contributed by atoms with Crippen molar-refractivity contribution in [1.82, 2.24) is 0 Å². The van der Waals surface area contributed by atoms with Crippen molar-refractivity contribution in [1.29, 1.82) is 0 Å². The van der Waals surface area contributed by atoms with Gasteiger partial charge in [0.25, 0.3) is 0 Å². The topological polar surface area (TPSA) is 0 Å². The van der Waals surface area contributed by atoms with Gasteiger partial charge in [0.1, 0.15) is 0 Å². The van der Waals surface area contributed by atoms with E-state index in [1.807, 2.05) is 0 Å². The van der Waals surface area contributed by atoms with Crippen LogP contribution in [0.3, 0.4) is 0 Å². The summed E-state index contributed by atoms with van der Waals surface area (Å²) in [5.41, 5.74) is 9.39. The van der Waals surface area contributed by atoms with Gasteiger partial charge in [-0.05, 0) is 0 Å². The molecule has 2 aromatic rings. The zero-order valence-corrected chi connectivity index (χ0v) is 18.1. The zero-order chi connectivity index (χ0) is 16.3. The molecule has 0 atom stereocenters. The Balaban J connectivity index is 2.13. The van der Waals surface area contributed by atoms with Gasteiger partial charge in [0.05, 0.1) is 0 Å². The molecule has 113 valence electrons. The Bertz CT molecular complexity index is 663. The van der Waals surface area contributed by atoms with Crippen molar-refractivity contribution in [3.05, 3.63) is 58.7 Å². The number of benzene rings is 2. The molecule has 3 rings (SSSR count). The molecule has 0 fully saturated rings. The van der Waals surface area contributed by atoms with Crippen LogP contribution in [0.15, 0.2) is 36.4 Å². The van der Waals surface area contributed by atoms with E-state index < -0.39 is 0 Å². The van der Waals surface area contributed by atoms with Crippen molar-refractivity contribution in [2.45, 2.75) is 56.0 Å². The summed E-state index contributed by atoms with van der Waals surface area (Å²) in [6.07, 6.45) is 0. The van der Waals surface area contributed by atoms with E-state index >= 15 is 0 Å². The molecule has 0 radical (unpaired) electrons. The molecule has 0 nitrogen and oxygen atoms in total. The van der Waals surface area contributed by atoms with Crippen LogP contribution in [0, 0.1) is 0 Å². The van der Waals surface area contributed by atoms with E-state index in [0.717, 1.165) is 0 Å². The molecule has 0 aromatic heterocycles. The molecular weight excluding hydrogens is 431 g/mol. The zero-order valence-electron chi connectivity index (χ0n) is 14.5. The second-order valence-electron chi connectivity index (χ2n) is 8.54. The van der Waals surface area contributed by atoms with Crippen LogP contribution in [0.4, 0.5) is 0 Å². The molecule has 0 aliphatic heterocycles. The molecule has 2 aromatic carbocycles. The normalized spacial score (nSPS) is 14.8. The average Bonchev–Trinajstić information content (AvgIpc) is 2.70. The minimum absolute atomic E-state index is 0.224. The molecule has 0 N–H and O–H groups in total. The van der Waals surface area contributed by atoms with Gasteiger partial charge in [-0.3, -0.25) is 0 Å². The summed E-state index contributed by atoms with van der Waals surface area (Å²) in [7, 11) is 0. The molecule has 0 amide bonds. The van der Waals surface area contributed by atoms with Crippen LogP contribution in [-0.4, -0.2) is 0 Å². The molecule has 0 saturated heterocycles. The molecule has 0 unspecified atom stereocenters. The molecule has 0 spiro atoms. The molecule has 0 heterocycles. The first kappa shape index (κ1) is 16.2. The first-order chi connectivity index (χ1) is 10.1. The average molecular weight is 456 g/mol. The first-order valence-electron chi connectivity index (χ1n) is 8.09. The van der Waals surface area contributed by atoms with Crippen LogP contribution >= 0.6 is 0 Å². The van der Waals surface area contributed by atoms with Crippen molar-refractivity contribution in [2.75, 3.05) is 0 Å². The Hall–Kier alpha value is -0.690. The van der Waals surface area contributed by atoms with Gasteiger partial charge in [-0.1, -0.05) is 0 Å². The third-order valence-electron chi connectivity index (χ3n) is 4.75. The van der Waals surface area contributed by atoms with Gasteiger partial charge in [0.15, 0.2) is 0 Å². The molecule has 1 heteroatoms. The summed E-state index contributed by atoms with van der Waals surface area (Å²) in [6, 6.07) is 14.3.